The van der Waals surface area contributed by atoms with Crippen LogP contribution in [0.25, 0.3) is 0 Å². The second-order valence-electron chi connectivity index (χ2n) is 5.05. The lowest BCUT2D eigenvalue weighted by molar-refractivity contribution is 0.220. The second kappa shape index (κ2) is 5.72. The Morgan fingerprint density at radius 1 is 1.40 bits per heavy atom. The van der Waals surface area contributed by atoms with Crippen LogP contribution in [0, 0.1) is 13.8 Å². The maximum Gasteiger partial charge on any atom is 0.123 e. The monoisotopic (exact) mass is 308 g/mol. The molecule has 2 aromatic rings. The number of hydrogen-bond acceptors (Lipinski definition) is 4. The maximum atomic E-state index is 6.08. The average Bonchev–Trinajstić information content (AvgIpc) is 2.60. The number of aromatic nitrogens is 1. The fraction of sp³-hybridized carbons (Fsp3) is 0.400. The summed E-state index contributed by atoms with van der Waals surface area (Å²) in [6.07, 6.45) is 0. The molecule has 0 bridgehead atoms. The number of fused-ring (bicyclic) bond motifs is 1. The van der Waals surface area contributed by atoms with Gasteiger partial charge in [0.15, 0.2) is 0 Å². The van der Waals surface area contributed by atoms with E-state index in [1.807, 2.05) is 18.2 Å². The normalized spacial score (nSPS) is 15.6. The highest BCUT2D eigenvalue weighted by Crippen LogP contribution is 2.28. The lowest BCUT2D eigenvalue weighted by Gasteiger charge is -2.18. The highest BCUT2D eigenvalue weighted by molar-refractivity contribution is 7.11. The molecule has 0 saturated carbocycles. The number of rotatable bonds is 2. The van der Waals surface area contributed by atoms with E-state index in [2.05, 4.69) is 23.7 Å². The summed E-state index contributed by atoms with van der Waals surface area (Å²) in [5, 5.41) is 1.89. The lowest BCUT2D eigenvalue weighted by atomic mass is 10.2. The molecule has 2 heterocycles. The van der Waals surface area contributed by atoms with Gasteiger partial charge < -0.3 is 4.74 Å². The molecule has 0 radical (unpaired) electrons. The first-order valence-corrected chi connectivity index (χ1v) is 7.88. The third-order valence-electron chi connectivity index (χ3n) is 3.45. The van der Waals surface area contributed by atoms with Crippen LogP contribution in [0.3, 0.4) is 0 Å². The zero-order chi connectivity index (χ0) is 14.1. The third-order valence-corrected chi connectivity index (χ3v) is 4.74. The number of aryl methyl sites for hydroxylation is 2. The first-order valence-electron chi connectivity index (χ1n) is 6.68. The first kappa shape index (κ1) is 13.9. The minimum atomic E-state index is 0.714. The summed E-state index contributed by atoms with van der Waals surface area (Å²) in [7, 11) is 0. The fourth-order valence-electron chi connectivity index (χ4n) is 2.48. The number of nitrogens with zero attached hydrogens (tertiary/aromatic N) is 2. The van der Waals surface area contributed by atoms with Crippen LogP contribution in [-0.2, 0) is 13.1 Å². The molecule has 1 aromatic carbocycles. The molecule has 1 aliphatic rings. The Balaban J connectivity index is 1.80. The number of hydrogen-bond donors (Lipinski definition) is 0. The van der Waals surface area contributed by atoms with Crippen molar-refractivity contribution in [3.05, 3.63) is 44.4 Å². The molecule has 0 unspecified atom stereocenters. The van der Waals surface area contributed by atoms with Gasteiger partial charge in [0.05, 0.1) is 10.7 Å². The van der Waals surface area contributed by atoms with Crippen molar-refractivity contribution in [1.29, 1.82) is 0 Å². The van der Waals surface area contributed by atoms with E-state index < -0.39 is 0 Å². The molecule has 0 saturated heterocycles. The van der Waals surface area contributed by atoms with E-state index in [-0.39, 0.29) is 0 Å². The molecule has 0 aliphatic carbocycles. The highest BCUT2D eigenvalue weighted by Gasteiger charge is 2.17. The van der Waals surface area contributed by atoms with Crippen LogP contribution in [-0.4, -0.2) is 23.0 Å². The van der Waals surface area contributed by atoms with Crippen LogP contribution < -0.4 is 4.74 Å². The van der Waals surface area contributed by atoms with Crippen molar-refractivity contribution in [3.63, 3.8) is 0 Å². The summed E-state index contributed by atoms with van der Waals surface area (Å²) in [6.45, 7) is 7.56. The zero-order valence-electron chi connectivity index (χ0n) is 11.6. The van der Waals surface area contributed by atoms with Crippen LogP contribution in [0.4, 0.5) is 0 Å². The molecule has 3 nitrogen and oxygen atoms in total. The molecule has 3 rings (SSSR count). The first-order chi connectivity index (χ1) is 9.61. The highest BCUT2D eigenvalue weighted by atomic mass is 35.5. The second-order valence-corrected chi connectivity index (χ2v) is 6.78. The van der Waals surface area contributed by atoms with E-state index in [9.17, 15) is 0 Å². The number of ether oxygens (including phenoxy) is 1. The van der Waals surface area contributed by atoms with E-state index in [0.29, 0.717) is 6.61 Å². The van der Waals surface area contributed by atoms with Gasteiger partial charge in [0.2, 0.25) is 0 Å². The Hall–Kier alpha value is -1.10. The van der Waals surface area contributed by atoms with E-state index in [0.717, 1.165) is 46.7 Å². The van der Waals surface area contributed by atoms with E-state index in [4.69, 9.17) is 16.3 Å². The molecule has 1 aliphatic heterocycles. The number of halogens is 1. The third kappa shape index (κ3) is 2.97. The molecule has 1 aromatic heterocycles. The number of benzene rings is 1. The predicted octanol–water partition coefficient (Wildman–Crippen LogP) is 3.81. The summed E-state index contributed by atoms with van der Waals surface area (Å²) in [4.78, 5) is 8.23. The van der Waals surface area contributed by atoms with Gasteiger partial charge in [0.25, 0.3) is 0 Å². The number of thiazole rings is 1. The van der Waals surface area contributed by atoms with Crippen molar-refractivity contribution in [2.24, 2.45) is 0 Å². The largest absolute Gasteiger partial charge is 0.492 e. The van der Waals surface area contributed by atoms with Crippen molar-refractivity contribution >= 4 is 22.9 Å². The molecule has 0 spiro atoms. The standard InChI is InChI=1S/C15H17ClN2OS/c1-10-15(20-11(2)17-10)9-18-5-6-19-14-4-3-13(16)7-12(14)8-18/h3-4,7H,5-6,8-9H2,1-2H3. The van der Waals surface area contributed by atoms with E-state index in [1.54, 1.807) is 11.3 Å². The quantitative estimate of drug-likeness (QED) is 0.843. The molecular weight excluding hydrogens is 292 g/mol. The zero-order valence-corrected chi connectivity index (χ0v) is 13.2. The van der Waals surface area contributed by atoms with Gasteiger partial charge in [0.1, 0.15) is 12.4 Å². The molecule has 0 atom stereocenters. The Morgan fingerprint density at radius 3 is 3.00 bits per heavy atom. The minimum absolute atomic E-state index is 0.714. The van der Waals surface area contributed by atoms with Gasteiger partial charge in [-0.05, 0) is 32.0 Å². The topological polar surface area (TPSA) is 25.4 Å². The minimum Gasteiger partial charge on any atom is -0.492 e. The molecular formula is C15H17ClN2OS. The van der Waals surface area contributed by atoms with Gasteiger partial charge in [-0.1, -0.05) is 11.6 Å². The van der Waals surface area contributed by atoms with Gasteiger partial charge in [-0.2, -0.15) is 0 Å². The Kier molecular flexibility index (Phi) is 3.96. The summed E-state index contributed by atoms with van der Waals surface area (Å²) < 4.78 is 5.79. The fourth-order valence-corrected chi connectivity index (χ4v) is 3.65. The summed E-state index contributed by atoms with van der Waals surface area (Å²) in [5.74, 6) is 0.953. The van der Waals surface area contributed by atoms with Crippen molar-refractivity contribution in [2.75, 3.05) is 13.2 Å². The lowest BCUT2D eigenvalue weighted by Crippen LogP contribution is -2.25. The van der Waals surface area contributed by atoms with Crippen LogP contribution in [0.1, 0.15) is 21.1 Å². The molecule has 20 heavy (non-hydrogen) atoms. The van der Waals surface area contributed by atoms with Gasteiger partial charge >= 0.3 is 0 Å². The van der Waals surface area contributed by atoms with Gasteiger partial charge in [-0.3, -0.25) is 4.90 Å². The molecule has 5 heteroatoms. The van der Waals surface area contributed by atoms with Gasteiger partial charge in [-0.15, -0.1) is 11.3 Å². The van der Waals surface area contributed by atoms with Crippen LogP contribution in [0.2, 0.25) is 5.02 Å². The van der Waals surface area contributed by atoms with Crippen LogP contribution in [0.15, 0.2) is 18.2 Å². The Labute approximate surface area is 128 Å². The van der Waals surface area contributed by atoms with Gasteiger partial charge in [-0.25, -0.2) is 4.98 Å². The van der Waals surface area contributed by atoms with Crippen molar-refractivity contribution in [3.8, 4) is 5.75 Å². The van der Waals surface area contributed by atoms with Crippen LogP contribution in [0.5, 0.6) is 5.75 Å². The predicted molar refractivity (Wildman–Crippen MR) is 82.6 cm³/mol. The SMILES string of the molecule is Cc1nc(C)c(CN2CCOc3ccc(Cl)cc3C2)s1. The van der Waals surface area contributed by atoms with Crippen molar-refractivity contribution in [2.45, 2.75) is 26.9 Å². The summed E-state index contributed by atoms with van der Waals surface area (Å²) in [5.41, 5.74) is 2.30. The smallest absolute Gasteiger partial charge is 0.123 e. The molecule has 0 amide bonds. The summed E-state index contributed by atoms with van der Waals surface area (Å²) in [6, 6.07) is 5.84. The maximum absolute atomic E-state index is 6.08. The average molecular weight is 309 g/mol. The van der Waals surface area contributed by atoms with Crippen molar-refractivity contribution < 1.29 is 4.74 Å². The summed E-state index contributed by atoms with van der Waals surface area (Å²) >= 11 is 7.86. The van der Waals surface area contributed by atoms with Gasteiger partial charge in [0, 0.05) is 35.1 Å². The molecule has 0 fully saturated rings. The Morgan fingerprint density at radius 2 is 2.25 bits per heavy atom. The van der Waals surface area contributed by atoms with E-state index in [1.165, 1.54) is 4.88 Å². The van der Waals surface area contributed by atoms with Crippen molar-refractivity contribution in [1.82, 2.24) is 9.88 Å². The molecule has 0 N–H and O–H groups in total. The Bertz CT molecular complexity index is 626. The van der Waals surface area contributed by atoms with E-state index >= 15 is 0 Å². The molecule has 106 valence electrons. The van der Waals surface area contributed by atoms with Crippen LogP contribution >= 0.6 is 22.9 Å².